The van der Waals surface area contributed by atoms with E-state index in [1.165, 1.54) is 5.38 Å². The minimum atomic E-state index is -3.77. The molecule has 0 spiro atoms. The first kappa shape index (κ1) is 15.7. The predicted molar refractivity (Wildman–Crippen MR) is 78.0 cm³/mol. The second kappa shape index (κ2) is 5.58. The van der Waals surface area contributed by atoms with Crippen LogP contribution in [0.5, 0.6) is 0 Å². The lowest BCUT2D eigenvalue weighted by molar-refractivity contribution is 0.0702. The van der Waals surface area contributed by atoms with Crippen LogP contribution in [0.1, 0.15) is 33.9 Å². The van der Waals surface area contributed by atoms with Gasteiger partial charge in [0.2, 0.25) is 10.0 Å². The van der Waals surface area contributed by atoms with Crippen LogP contribution >= 0.6 is 11.3 Å². The van der Waals surface area contributed by atoms with Gasteiger partial charge >= 0.3 is 5.97 Å². The van der Waals surface area contributed by atoms with Crippen molar-refractivity contribution in [1.29, 1.82) is 0 Å². The van der Waals surface area contributed by atoms with E-state index in [1.54, 1.807) is 24.9 Å². The number of carboxylic acid groups (broad SMARTS) is 1. The molecule has 1 unspecified atom stereocenters. The van der Waals surface area contributed by atoms with E-state index >= 15 is 0 Å². The van der Waals surface area contributed by atoms with Crippen molar-refractivity contribution in [2.24, 2.45) is 7.05 Å². The zero-order valence-corrected chi connectivity index (χ0v) is 13.3. The average Bonchev–Trinajstić information content (AvgIpc) is 2.98. The lowest BCUT2D eigenvalue weighted by Crippen LogP contribution is -2.26. The number of aryl methyl sites for hydroxylation is 1. The van der Waals surface area contributed by atoms with Gasteiger partial charge in [-0.25, -0.2) is 17.9 Å². The molecule has 0 aromatic carbocycles. The Morgan fingerprint density at radius 1 is 1.52 bits per heavy atom. The minimum absolute atomic E-state index is 0.0133. The van der Waals surface area contributed by atoms with Crippen molar-refractivity contribution in [2.45, 2.75) is 24.8 Å². The first-order valence-corrected chi connectivity index (χ1v) is 8.41. The minimum Gasteiger partial charge on any atom is -0.477 e. The summed E-state index contributed by atoms with van der Waals surface area (Å²) in [4.78, 5) is 10.8. The van der Waals surface area contributed by atoms with E-state index in [2.05, 4.69) is 9.82 Å². The molecule has 0 radical (unpaired) electrons. The van der Waals surface area contributed by atoms with E-state index in [-0.39, 0.29) is 9.77 Å². The number of thiophene rings is 1. The highest BCUT2D eigenvalue weighted by atomic mass is 32.2. The smallest absolute Gasteiger partial charge is 0.345 e. The number of carbonyl (C=O) groups is 1. The van der Waals surface area contributed by atoms with Crippen LogP contribution in [-0.2, 0) is 17.1 Å². The average molecular weight is 329 g/mol. The summed E-state index contributed by atoms with van der Waals surface area (Å²) in [5, 5.41) is 14.2. The lowest BCUT2D eigenvalue weighted by Gasteiger charge is -2.13. The van der Waals surface area contributed by atoms with Gasteiger partial charge in [-0.3, -0.25) is 4.68 Å². The maximum Gasteiger partial charge on any atom is 0.345 e. The Morgan fingerprint density at radius 3 is 2.67 bits per heavy atom. The van der Waals surface area contributed by atoms with Crippen molar-refractivity contribution in [2.75, 3.05) is 0 Å². The van der Waals surface area contributed by atoms with Gasteiger partial charge in [-0.05, 0) is 19.9 Å². The van der Waals surface area contributed by atoms with Crippen molar-refractivity contribution in [3.05, 3.63) is 33.8 Å². The molecule has 0 aliphatic heterocycles. The number of carboxylic acids is 1. The second-order valence-corrected chi connectivity index (χ2v) is 7.23. The maximum absolute atomic E-state index is 12.2. The first-order chi connectivity index (χ1) is 9.72. The van der Waals surface area contributed by atoms with Crippen LogP contribution in [-0.4, -0.2) is 29.3 Å². The molecule has 2 N–H and O–H groups in total. The summed E-state index contributed by atoms with van der Waals surface area (Å²) in [6.07, 6.45) is 1.61. The normalized spacial score (nSPS) is 13.3. The quantitative estimate of drug-likeness (QED) is 0.866. The second-order valence-electron chi connectivity index (χ2n) is 4.60. The van der Waals surface area contributed by atoms with Gasteiger partial charge in [-0.1, -0.05) is 0 Å². The number of nitrogens with one attached hydrogen (secondary N) is 1. The van der Waals surface area contributed by atoms with Gasteiger partial charge in [0, 0.05) is 29.7 Å². The number of hydrogen-bond donors (Lipinski definition) is 2. The predicted octanol–water partition coefficient (Wildman–Crippen LogP) is 1.53. The molecule has 2 heterocycles. The zero-order valence-electron chi connectivity index (χ0n) is 11.7. The van der Waals surface area contributed by atoms with Crippen LogP contribution in [0.2, 0.25) is 0 Å². The zero-order chi connectivity index (χ0) is 15.8. The van der Waals surface area contributed by atoms with Crippen LogP contribution in [0, 0.1) is 6.92 Å². The molecule has 0 aliphatic carbocycles. The highest BCUT2D eigenvalue weighted by Crippen LogP contribution is 2.23. The summed E-state index contributed by atoms with van der Waals surface area (Å²) >= 11 is 0.880. The van der Waals surface area contributed by atoms with Crippen molar-refractivity contribution in [3.8, 4) is 0 Å². The molecule has 7 nitrogen and oxygen atoms in total. The Hall–Kier alpha value is -1.71. The van der Waals surface area contributed by atoms with Gasteiger partial charge in [-0.2, -0.15) is 5.10 Å². The summed E-state index contributed by atoms with van der Waals surface area (Å²) in [6.45, 7) is 3.56. The SMILES string of the molecule is Cc1c(C(C)NS(=O)(=O)c2csc(C(=O)O)c2)cnn1C. The molecule has 2 rings (SSSR count). The van der Waals surface area contributed by atoms with Crippen LogP contribution < -0.4 is 4.72 Å². The van der Waals surface area contributed by atoms with Crippen LogP contribution in [0.3, 0.4) is 0 Å². The summed E-state index contributed by atoms with van der Waals surface area (Å²) in [5.74, 6) is -1.14. The van der Waals surface area contributed by atoms with E-state index < -0.39 is 22.0 Å². The summed E-state index contributed by atoms with van der Waals surface area (Å²) in [7, 11) is -1.99. The third-order valence-electron chi connectivity index (χ3n) is 3.17. The fourth-order valence-corrected chi connectivity index (χ4v) is 4.21. The Morgan fingerprint density at radius 2 is 2.19 bits per heavy atom. The molecule has 1 atom stereocenters. The fraction of sp³-hybridized carbons (Fsp3) is 0.333. The Bertz CT molecular complexity index is 776. The number of sulfonamides is 1. The fourth-order valence-electron chi connectivity index (χ4n) is 1.88. The number of hydrogen-bond acceptors (Lipinski definition) is 5. The van der Waals surface area contributed by atoms with E-state index in [1.807, 2.05) is 6.92 Å². The van der Waals surface area contributed by atoms with Gasteiger partial charge in [0.1, 0.15) is 4.88 Å². The van der Waals surface area contributed by atoms with Crippen LogP contribution in [0.15, 0.2) is 22.5 Å². The third-order valence-corrected chi connectivity index (χ3v) is 5.76. The Balaban J connectivity index is 2.24. The van der Waals surface area contributed by atoms with E-state index in [9.17, 15) is 13.2 Å². The topological polar surface area (TPSA) is 101 Å². The monoisotopic (exact) mass is 329 g/mol. The highest BCUT2D eigenvalue weighted by Gasteiger charge is 2.23. The van der Waals surface area contributed by atoms with Crippen LogP contribution in [0.25, 0.3) is 0 Å². The molecule has 9 heteroatoms. The molecule has 0 saturated carbocycles. The summed E-state index contributed by atoms with van der Waals surface area (Å²) in [5.41, 5.74) is 1.64. The van der Waals surface area contributed by atoms with Gasteiger partial charge in [0.05, 0.1) is 11.1 Å². The Kier molecular flexibility index (Phi) is 4.17. The Labute approximate surface area is 126 Å². The summed E-state index contributed by atoms with van der Waals surface area (Å²) in [6, 6.07) is 0.690. The van der Waals surface area contributed by atoms with Gasteiger partial charge < -0.3 is 5.11 Å². The molecule has 2 aromatic heterocycles. The van der Waals surface area contributed by atoms with Crippen LogP contribution in [0.4, 0.5) is 0 Å². The molecule has 0 amide bonds. The van der Waals surface area contributed by atoms with Crippen molar-refractivity contribution >= 4 is 27.3 Å². The molecule has 0 aliphatic rings. The highest BCUT2D eigenvalue weighted by molar-refractivity contribution is 7.89. The number of nitrogens with zero attached hydrogens (tertiary/aromatic N) is 2. The molecular formula is C12H15N3O4S2. The molecular weight excluding hydrogens is 314 g/mol. The third kappa shape index (κ3) is 3.14. The molecule has 2 aromatic rings. The number of aromatic nitrogens is 2. The molecule has 114 valence electrons. The van der Waals surface area contributed by atoms with Gasteiger partial charge in [-0.15, -0.1) is 11.3 Å². The van der Waals surface area contributed by atoms with Gasteiger partial charge in [0.15, 0.2) is 0 Å². The van der Waals surface area contributed by atoms with Crippen molar-refractivity contribution in [3.63, 3.8) is 0 Å². The lowest BCUT2D eigenvalue weighted by atomic mass is 10.1. The standard InChI is InChI=1S/C12H15N3O4S2/c1-7(10-5-13-15(3)8(10)2)14-21(18,19)9-4-11(12(16)17)20-6-9/h4-7,14H,1-3H3,(H,16,17). The summed E-state index contributed by atoms with van der Waals surface area (Å²) < 4.78 is 28.7. The molecule has 0 bridgehead atoms. The van der Waals surface area contributed by atoms with E-state index in [0.29, 0.717) is 0 Å². The molecule has 21 heavy (non-hydrogen) atoms. The maximum atomic E-state index is 12.2. The molecule has 0 fully saturated rings. The largest absolute Gasteiger partial charge is 0.477 e. The first-order valence-electron chi connectivity index (χ1n) is 6.05. The van der Waals surface area contributed by atoms with Crippen molar-refractivity contribution < 1.29 is 18.3 Å². The number of rotatable bonds is 5. The van der Waals surface area contributed by atoms with E-state index in [4.69, 9.17) is 5.11 Å². The van der Waals surface area contributed by atoms with E-state index in [0.717, 1.165) is 28.7 Å². The molecule has 0 saturated heterocycles. The number of aromatic carboxylic acids is 1. The van der Waals surface area contributed by atoms with Crippen molar-refractivity contribution in [1.82, 2.24) is 14.5 Å². The van der Waals surface area contributed by atoms with Gasteiger partial charge in [0.25, 0.3) is 0 Å².